The lowest BCUT2D eigenvalue weighted by Gasteiger charge is -2.23. The van der Waals surface area contributed by atoms with Crippen molar-refractivity contribution >= 4 is 23.4 Å². The van der Waals surface area contributed by atoms with Crippen LogP contribution >= 0.6 is 0 Å². The van der Waals surface area contributed by atoms with Gasteiger partial charge in [0.25, 0.3) is 17.5 Å². The van der Waals surface area contributed by atoms with Gasteiger partial charge in [0.05, 0.1) is 6.20 Å². The highest BCUT2D eigenvalue weighted by Crippen LogP contribution is 2.27. The largest absolute Gasteiger partial charge is 0.494 e. The Kier molecular flexibility index (Phi) is 4.13. The van der Waals surface area contributed by atoms with Crippen molar-refractivity contribution in [3.63, 3.8) is 0 Å². The minimum absolute atomic E-state index is 0.0536. The van der Waals surface area contributed by atoms with Gasteiger partial charge in [-0.3, -0.25) is 19.5 Å². The Bertz CT molecular complexity index is 1090. The minimum atomic E-state index is -0.684. The molecule has 0 bridgehead atoms. The van der Waals surface area contributed by atoms with Gasteiger partial charge in [0, 0.05) is 18.7 Å². The average molecular weight is 386 g/mol. The van der Waals surface area contributed by atoms with Gasteiger partial charge in [-0.05, 0) is 18.3 Å². The van der Waals surface area contributed by atoms with Gasteiger partial charge < -0.3 is 14.8 Å². The number of carbonyl (C=O) groups excluding carboxylic acids is 1. The molecule has 3 heterocycles. The Morgan fingerprint density at radius 1 is 1.39 bits per heavy atom. The van der Waals surface area contributed by atoms with Crippen LogP contribution in [0.5, 0.6) is 5.88 Å². The highest BCUT2D eigenvalue weighted by atomic mass is 16.4. The van der Waals surface area contributed by atoms with Gasteiger partial charge in [-0.15, -0.1) is 5.10 Å². The first-order chi connectivity index (χ1) is 13.2. The van der Waals surface area contributed by atoms with E-state index in [-0.39, 0.29) is 28.9 Å². The van der Waals surface area contributed by atoms with Crippen molar-refractivity contribution in [2.75, 3.05) is 5.32 Å². The summed E-state index contributed by atoms with van der Waals surface area (Å²) in [6.45, 7) is 6.35. The molecule has 3 aromatic heterocycles. The van der Waals surface area contributed by atoms with Crippen molar-refractivity contribution < 1.29 is 14.3 Å². The highest BCUT2D eigenvalue weighted by Gasteiger charge is 2.30. The average Bonchev–Trinajstić information content (AvgIpc) is 3.09. The maximum Gasteiger partial charge on any atom is 0.300 e. The first-order valence-corrected chi connectivity index (χ1v) is 9.06. The number of oxazole rings is 1. The SMILES string of the molecule is CC(C)(C)Cn1c(O)c(C(=O)NC2CC2)c(=O)n2nc(Nc3ncco3)cc12. The van der Waals surface area contributed by atoms with Crippen LogP contribution in [0.25, 0.3) is 5.65 Å². The van der Waals surface area contributed by atoms with E-state index < -0.39 is 11.5 Å². The number of rotatable bonds is 5. The molecule has 3 aromatic rings. The van der Waals surface area contributed by atoms with Crippen LogP contribution in [0.1, 0.15) is 44.0 Å². The first kappa shape index (κ1) is 18.1. The quantitative estimate of drug-likeness (QED) is 0.611. The summed E-state index contributed by atoms with van der Waals surface area (Å²) in [5.41, 5.74) is -0.863. The van der Waals surface area contributed by atoms with Gasteiger partial charge in [-0.2, -0.15) is 4.52 Å². The summed E-state index contributed by atoms with van der Waals surface area (Å²) in [5.74, 6) is -0.651. The van der Waals surface area contributed by atoms with E-state index in [2.05, 4.69) is 20.7 Å². The minimum Gasteiger partial charge on any atom is -0.494 e. The Morgan fingerprint density at radius 3 is 2.75 bits per heavy atom. The maximum absolute atomic E-state index is 12.9. The molecular weight excluding hydrogens is 364 g/mol. The molecule has 10 heteroatoms. The van der Waals surface area contributed by atoms with Crippen molar-refractivity contribution in [3.05, 3.63) is 34.4 Å². The van der Waals surface area contributed by atoms with Gasteiger partial charge in [0.15, 0.2) is 11.4 Å². The molecule has 0 saturated heterocycles. The molecule has 0 unspecified atom stereocenters. The number of amides is 1. The van der Waals surface area contributed by atoms with Crippen LogP contribution in [-0.4, -0.2) is 36.2 Å². The Labute approximate surface area is 160 Å². The summed E-state index contributed by atoms with van der Waals surface area (Å²) < 4.78 is 7.78. The molecule has 0 spiro atoms. The van der Waals surface area contributed by atoms with Crippen LogP contribution in [0, 0.1) is 5.41 Å². The van der Waals surface area contributed by atoms with Gasteiger partial charge in [0.2, 0.25) is 5.88 Å². The van der Waals surface area contributed by atoms with Crippen molar-refractivity contribution in [3.8, 4) is 5.88 Å². The van der Waals surface area contributed by atoms with E-state index in [1.807, 2.05) is 20.8 Å². The second-order valence-corrected chi connectivity index (χ2v) is 8.16. The first-order valence-electron chi connectivity index (χ1n) is 9.06. The summed E-state index contributed by atoms with van der Waals surface area (Å²) in [7, 11) is 0. The molecule has 0 radical (unpaired) electrons. The third kappa shape index (κ3) is 3.45. The summed E-state index contributed by atoms with van der Waals surface area (Å²) >= 11 is 0. The lowest BCUT2D eigenvalue weighted by atomic mass is 9.96. The van der Waals surface area contributed by atoms with Gasteiger partial charge in [-0.25, -0.2) is 4.98 Å². The van der Waals surface area contributed by atoms with Crippen molar-refractivity contribution in [2.45, 2.75) is 46.2 Å². The number of nitrogens with one attached hydrogen (secondary N) is 2. The van der Waals surface area contributed by atoms with E-state index in [0.717, 1.165) is 17.4 Å². The normalized spacial score (nSPS) is 14.4. The Morgan fingerprint density at radius 2 is 2.14 bits per heavy atom. The number of aromatic hydroxyl groups is 1. The number of hydrogen-bond acceptors (Lipinski definition) is 7. The Balaban J connectivity index is 1.86. The van der Waals surface area contributed by atoms with Gasteiger partial charge >= 0.3 is 0 Å². The fourth-order valence-electron chi connectivity index (χ4n) is 2.93. The molecule has 1 fully saturated rings. The second kappa shape index (κ2) is 6.39. The van der Waals surface area contributed by atoms with E-state index in [0.29, 0.717) is 18.0 Å². The zero-order valence-corrected chi connectivity index (χ0v) is 15.9. The molecule has 148 valence electrons. The van der Waals surface area contributed by atoms with Gasteiger partial charge in [0.1, 0.15) is 11.9 Å². The molecule has 0 aliphatic heterocycles. The van der Waals surface area contributed by atoms with Crippen LogP contribution in [0.15, 0.2) is 27.7 Å². The molecule has 1 aliphatic carbocycles. The lowest BCUT2D eigenvalue weighted by Crippen LogP contribution is -2.35. The lowest BCUT2D eigenvalue weighted by molar-refractivity contribution is 0.0944. The number of anilines is 2. The smallest absolute Gasteiger partial charge is 0.300 e. The van der Waals surface area contributed by atoms with Crippen LogP contribution in [0.3, 0.4) is 0 Å². The van der Waals surface area contributed by atoms with Crippen molar-refractivity contribution in [1.29, 1.82) is 0 Å². The summed E-state index contributed by atoms with van der Waals surface area (Å²) in [4.78, 5) is 29.5. The third-order valence-electron chi connectivity index (χ3n) is 4.29. The van der Waals surface area contributed by atoms with E-state index in [9.17, 15) is 14.7 Å². The van der Waals surface area contributed by atoms with E-state index >= 15 is 0 Å². The number of aromatic nitrogens is 4. The van der Waals surface area contributed by atoms with E-state index in [4.69, 9.17) is 4.42 Å². The summed E-state index contributed by atoms with van der Waals surface area (Å²) in [5, 5.41) is 20.7. The van der Waals surface area contributed by atoms with Crippen LogP contribution in [0.4, 0.5) is 11.8 Å². The van der Waals surface area contributed by atoms with E-state index in [1.54, 1.807) is 6.07 Å². The van der Waals surface area contributed by atoms with Crippen LogP contribution in [0.2, 0.25) is 0 Å². The molecule has 0 aromatic carbocycles. The Hall–Kier alpha value is -3.30. The fraction of sp³-hybridized carbons (Fsp3) is 0.444. The second-order valence-electron chi connectivity index (χ2n) is 8.16. The summed E-state index contributed by atoms with van der Waals surface area (Å²) in [6, 6.07) is 1.87. The maximum atomic E-state index is 12.9. The number of fused-ring (bicyclic) bond motifs is 1. The van der Waals surface area contributed by atoms with Crippen molar-refractivity contribution in [2.24, 2.45) is 5.41 Å². The zero-order chi connectivity index (χ0) is 20.1. The molecular formula is C18H22N6O4. The number of hydrogen-bond donors (Lipinski definition) is 3. The molecule has 10 nitrogen and oxygen atoms in total. The summed E-state index contributed by atoms with van der Waals surface area (Å²) in [6.07, 6.45) is 4.63. The predicted molar refractivity (Wildman–Crippen MR) is 101 cm³/mol. The molecule has 28 heavy (non-hydrogen) atoms. The topological polar surface area (TPSA) is 127 Å². The van der Waals surface area contributed by atoms with Crippen molar-refractivity contribution in [1.82, 2.24) is 24.5 Å². The number of nitrogens with zero attached hydrogens (tertiary/aromatic N) is 4. The molecule has 3 N–H and O–H groups in total. The van der Waals surface area contributed by atoms with E-state index in [1.165, 1.54) is 17.0 Å². The third-order valence-corrected chi connectivity index (χ3v) is 4.29. The molecule has 1 saturated carbocycles. The predicted octanol–water partition coefficient (Wildman–Crippen LogP) is 1.87. The monoisotopic (exact) mass is 386 g/mol. The highest BCUT2D eigenvalue weighted by molar-refractivity contribution is 5.96. The molecule has 0 atom stereocenters. The fourth-order valence-corrected chi connectivity index (χ4v) is 2.93. The molecule has 1 amide bonds. The zero-order valence-electron chi connectivity index (χ0n) is 15.9. The van der Waals surface area contributed by atoms with Crippen LogP contribution < -0.4 is 16.2 Å². The molecule has 1 aliphatic rings. The molecule has 4 rings (SSSR count). The van der Waals surface area contributed by atoms with Gasteiger partial charge in [-0.1, -0.05) is 20.8 Å². The standard InChI is InChI=1S/C18H22N6O4/c1-18(2,3)9-23-12-8-11(21-17-19-6-7-28-17)22-24(12)16(27)13(15(23)26)14(25)20-10-4-5-10/h6-8,10,26H,4-5,9H2,1-3H3,(H,20,25)(H,19,21,22). The number of carbonyl (C=O) groups is 1. The van der Waals surface area contributed by atoms with Crippen LogP contribution in [-0.2, 0) is 6.54 Å².